The molecule has 0 aliphatic carbocycles. The Morgan fingerprint density at radius 3 is 2.68 bits per heavy atom. The summed E-state index contributed by atoms with van der Waals surface area (Å²) in [7, 11) is 3.27. The Labute approximate surface area is 190 Å². The van der Waals surface area contributed by atoms with Crippen molar-refractivity contribution < 1.29 is 14.3 Å². The van der Waals surface area contributed by atoms with E-state index in [0.717, 1.165) is 48.1 Å². The van der Waals surface area contributed by atoms with E-state index in [9.17, 15) is 4.79 Å². The highest BCUT2D eigenvalue weighted by atomic mass is 35.5. The molecule has 2 heterocycles. The second kappa shape index (κ2) is 9.72. The third kappa shape index (κ3) is 4.87. The minimum Gasteiger partial charge on any atom is -0.493 e. The van der Waals surface area contributed by atoms with Gasteiger partial charge in [0, 0.05) is 49.9 Å². The van der Waals surface area contributed by atoms with E-state index in [1.54, 1.807) is 49.8 Å². The first-order valence-corrected chi connectivity index (χ1v) is 11.3. The molecule has 1 aliphatic rings. The number of rotatable bonds is 7. The molecular formula is C22H25ClN4O3S. The molecule has 0 atom stereocenters. The van der Waals surface area contributed by atoms with Crippen LogP contribution in [0.4, 0.5) is 5.13 Å². The standard InChI is InChI=1S/C22H25ClN4O3S/c1-29-17-6-7-18-19(20(17)30-2)25-22(31-18)27-12-10-26(11-13-27)9-8-24-21(28)15-4-3-5-16(23)14-15/h3-7,14H,8-13H2,1-2H3,(H,24,28). The van der Waals surface area contributed by atoms with E-state index >= 15 is 0 Å². The number of carbonyl (C=O) groups is 1. The molecule has 31 heavy (non-hydrogen) atoms. The van der Waals surface area contributed by atoms with Crippen LogP contribution >= 0.6 is 22.9 Å². The second-order valence-corrected chi connectivity index (χ2v) is 8.68. The van der Waals surface area contributed by atoms with E-state index in [0.29, 0.717) is 28.6 Å². The molecule has 4 rings (SSSR count). The summed E-state index contributed by atoms with van der Waals surface area (Å²) >= 11 is 7.62. The Kier molecular flexibility index (Phi) is 6.80. The van der Waals surface area contributed by atoms with Crippen LogP contribution in [0.2, 0.25) is 5.02 Å². The highest BCUT2D eigenvalue weighted by Crippen LogP contribution is 2.40. The molecule has 2 aromatic carbocycles. The molecular weight excluding hydrogens is 436 g/mol. The number of methoxy groups -OCH3 is 2. The number of piperazine rings is 1. The Morgan fingerprint density at radius 1 is 1.16 bits per heavy atom. The summed E-state index contributed by atoms with van der Waals surface area (Å²) in [6, 6.07) is 10.9. The van der Waals surface area contributed by atoms with Crippen molar-refractivity contribution in [3.63, 3.8) is 0 Å². The fourth-order valence-electron chi connectivity index (χ4n) is 3.65. The van der Waals surface area contributed by atoms with E-state index in [2.05, 4.69) is 15.1 Å². The smallest absolute Gasteiger partial charge is 0.251 e. The molecule has 3 aromatic rings. The third-order valence-corrected chi connectivity index (χ3v) is 6.65. The number of amides is 1. The molecule has 7 nitrogen and oxygen atoms in total. The first-order chi connectivity index (χ1) is 15.1. The molecule has 0 radical (unpaired) electrons. The number of ether oxygens (including phenoxy) is 2. The van der Waals surface area contributed by atoms with Crippen LogP contribution in [0.1, 0.15) is 10.4 Å². The topological polar surface area (TPSA) is 66.9 Å². The van der Waals surface area contributed by atoms with Gasteiger partial charge in [-0.25, -0.2) is 4.98 Å². The number of nitrogens with zero attached hydrogens (tertiary/aromatic N) is 3. The van der Waals surface area contributed by atoms with E-state index in [-0.39, 0.29) is 5.91 Å². The van der Waals surface area contributed by atoms with E-state index < -0.39 is 0 Å². The van der Waals surface area contributed by atoms with E-state index in [1.807, 2.05) is 12.1 Å². The zero-order chi connectivity index (χ0) is 21.8. The summed E-state index contributed by atoms with van der Waals surface area (Å²) in [6.45, 7) is 5.03. The molecule has 1 amide bonds. The number of fused-ring (bicyclic) bond motifs is 1. The van der Waals surface area contributed by atoms with Crippen LogP contribution in [-0.2, 0) is 0 Å². The first kappa shape index (κ1) is 21.7. The van der Waals surface area contributed by atoms with Gasteiger partial charge in [-0.15, -0.1) is 0 Å². The molecule has 0 saturated carbocycles. The number of aromatic nitrogens is 1. The van der Waals surface area contributed by atoms with Gasteiger partial charge >= 0.3 is 0 Å². The van der Waals surface area contributed by atoms with Crippen molar-refractivity contribution in [3.8, 4) is 11.5 Å². The Morgan fingerprint density at radius 2 is 1.97 bits per heavy atom. The van der Waals surface area contributed by atoms with Crippen molar-refractivity contribution in [1.29, 1.82) is 0 Å². The van der Waals surface area contributed by atoms with Gasteiger partial charge in [0.05, 0.1) is 18.9 Å². The Balaban J connectivity index is 1.30. The maximum absolute atomic E-state index is 12.2. The minimum absolute atomic E-state index is 0.0972. The van der Waals surface area contributed by atoms with Crippen molar-refractivity contribution in [3.05, 3.63) is 47.0 Å². The highest BCUT2D eigenvalue weighted by Gasteiger charge is 2.21. The average Bonchev–Trinajstić information content (AvgIpc) is 3.23. The summed E-state index contributed by atoms with van der Waals surface area (Å²) < 4.78 is 12.0. The van der Waals surface area contributed by atoms with E-state index in [4.69, 9.17) is 26.1 Å². The predicted molar refractivity (Wildman–Crippen MR) is 125 cm³/mol. The maximum atomic E-state index is 12.2. The van der Waals surface area contributed by atoms with Crippen LogP contribution in [0.3, 0.4) is 0 Å². The van der Waals surface area contributed by atoms with Gasteiger partial charge in [0.1, 0.15) is 5.52 Å². The lowest BCUT2D eigenvalue weighted by Gasteiger charge is -2.34. The number of benzene rings is 2. The zero-order valence-electron chi connectivity index (χ0n) is 17.6. The van der Waals surface area contributed by atoms with Gasteiger partial charge in [-0.1, -0.05) is 29.0 Å². The normalized spacial score (nSPS) is 14.6. The van der Waals surface area contributed by atoms with Gasteiger partial charge < -0.3 is 19.7 Å². The van der Waals surface area contributed by atoms with Gasteiger partial charge in [-0.3, -0.25) is 9.69 Å². The summed E-state index contributed by atoms with van der Waals surface area (Å²) in [6.07, 6.45) is 0. The fraction of sp³-hybridized carbons (Fsp3) is 0.364. The lowest BCUT2D eigenvalue weighted by atomic mass is 10.2. The lowest BCUT2D eigenvalue weighted by molar-refractivity contribution is 0.0948. The average molecular weight is 461 g/mol. The molecule has 1 N–H and O–H groups in total. The van der Waals surface area contributed by atoms with Gasteiger partial charge in [0.2, 0.25) is 0 Å². The SMILES string of the molecule is COc1ccc2sc(N3CCN(CCNC(=O)c4cccc(Cl)c4)CC3)nc2c1OC. The lowest BCUT2D eigenvalue weighted by Crippen LogP contribution is -2.48. The molecule has 0 spiro atoms. The summed E-state index contributed by atoms with van der Waals surface area (Å²) in [4.78, 5) is 21.7. The predicted octanol–water partition coefficient (Wildman–Crippen LogP) is 3.52. The fourth-order valence-corrected chi connectivity index (χ4v) is 4.86. The number of anilines is 1. The van der Waals surface area contributed by atoms with Gasteiger partial charge in [0.15, 0.2) is 16.6 Å². The van der Waals surface area contributed by atoms with Crippen LogP contribution in [0.25, 0.3) is 10.2 Å². The number of halogens is 1. The monoisotopic (exact) mass is 460 g/mol. The number of hydrogen-bond donors (Lipinski definition) is 1. The van der Waals surface area contributed by atoms with Crippen molar-refractivity contribution in [2.24, 2.45) is 0 Å². The van der Waals surface area contributed by atoms with Crippen LogP contribution in [0.15, 0.2) is 36.4 Å². The van der Waals surface area contributed by atoms with Gasteiger partial charge in [0.25, 0.3) is 5.91 Å². The summed E-state index contributed by atoms with van der Waals surface area (Å²) in [5.74, 6) is 1.27. The van der Waals surface area contributed by atoms with Crippen molar-refractivity contribution in [2.45, 2.75) is 0 Å². The minimum atomic E-state index is -0.0972. The molecule has 1 aliphatic heterocycles. The third-order valence-electron chi connectivity index (χ3n) is 5.33. The van der Waals surface area contributed by atoms with Gasteiger partial charge in [-0.05, 0) is 30.3 Å². The molecule has 0 unspecified atom stereocenters. The largest absolute Gasteiger partial charge is 0.493 e. The van der Waals surface area contributed by atoms with Crippen LogP contribution < -0.4 is 19.7 Å². The second-order valence-electron chi connectivity index (χ2n) is 7.24. The molecule has 9 heteroatoms. The number of hydrogen-bond acceptors (Lipinski definition) is 7. The number of nitrogens with one attached hydrogen (secondary N) is 1. The molecule has 164 valence electrons. The summed E-state index contributed by atoms with van der Waals surface area (Å²) in [5.41, 5.74) is 1.42. The molecule has 1 saturated heterocycles. The highest BCUT2D eigenvalue weighted by molar-refractivity contribution is 7.22. The first-order valence-electron chi connectivity index (χ1n) is 10.1. The van der Waals surface area contributed by atoms with Crippen LogP contribution in [0.5, 0.6) is 11.5 Å². The number of carbonyl (C=O) groups excluding carboxylic acids is 1. The molecule has 1 aromatic heterocycles. The van der Waals surface area contributed by atoms with Crippen LogP contribution in [-0.4, -0.2) is 69.3 Å². The zero-order valence-corrected chi connectivity index (χ0v) is 19.1. The quantitative estimate of drug-likeness (QED) is 0.582. The molecule has 1 fully saturated rings. The van der Waals surface area contributed by atoms with Crippen molar-refractivity contribution >= 4 is 44.2 Å². The van der Waals surface area contributed by atoms with Crippen molar-refractivity contribution in [2.75, 3.05) is 58.4 Å². The summed E-state index contributed by atoms with van der Waals surface area (Å²) in [5, 5.41) is 4.53. The Hall–Kier alpha value is -2.55. The van der Waals surface area contributed by atoms with E-state index in [1.165, 1.54) is 0 Å². The maximum Gasteiger partial charge on any atom is 0.251 e. The van der Waals surface area contributed by atoms with Crippen LogP contribution in [0, 0.1) is 0 Å². The number of thiazole rings is 1. The van der Waals surface area contributed by atoms with Gasteiger partial charge in [-0.2, -0.15) is 0 Å². The molecule has 0 bridgehead atoms. The van der Waals surface area contributed by atoms with Crippen molar-refractivity contribution in [1.82, 2.24) is 15.2 Å². The Bertz CT molecular complexity index is 1070.